The summed E-state index contributed by atoms with van der Waals surface area (Å²) in [5.41, 5.74) is 0.912. The molecule has 0 saturated heterocycles. The summed E-state index contributed by atoms with van der Waals surface area (Å²) in [4.78, 5) is 1.98. The Bertz CT molecular complexity index is 359. The van der Waals surface area contributed by atoms with Crippen molar-refractivity contribution in [2.45, 2.75) is 32.4 Å². The van der Waals surface area contributed by atoms with Crippen LogP contribution in [0.4, 0.5) is 0 Å². The molecule has 0 atom stereocenters. The summed E-state index contributed by atoms with van der Waals surface area (Å²) in [6.07, 6.45) is 2.47. The molecule has 1 aromatic rings. The Hall–Kier alpha value is -1.10. The van der Waals surface area contributed by atoms with Crippen LogP contribution in [0.15, 0.2) is 10.6 Å². The lowest BCUT2D eigenvalue weighted by Gasteiger charge is -2.19. The minimum atomic E-state index is 0.596. The van der Waals surface area contributed by atoms with E-state index in [0.717, 1.165) is 16.6 Å². The molecule has 2 rings (SSSR count). The quantitative estimate of drug-likeness (QED) is 0.789. The molecule has 0 bridgehead atoms. The van der Waals surface area contributed by atoms with E-state index in [1.54, 1.807) is 0 Å². The van der Waals surface area contributed by atoms with Gasteiger partial charge >= 0.3 is 0 Å². The summed E-state index contributed by atoms with van der Waals surface area (Å²) in [5.74, 6) is 0.833. The maximum absolute atomic E-state index is 5.26. The molecule has 0 unspecified atom stereocenters. The highest BCUT2D eigenvalue weighted by molar-refractivity contribution is 7.80. The second kappa shape index (κ2) is 4.18. The highest BCUT2D eigenvalue weighted by atomic mass is 32.1. The highest BCUT2D eigenvalue weighted by Crippen LogP contribution is 2.19. The fourth-order valence-electron chi connectivity index (χ4n) is 1.32. The van der Waals surface area contributed by atoms with Crippen molar-refractivity contribution in [1.82, 2.24) is 15.4 Å². The van der Waals surface area contributed by atoms with E-state index in [2.05, 4.69) is 10.5 Å². The molecule has 4 nitrogen and oxygen atoms in total. The van der Waals surface area contributed by atoms with E-state index in [1.165, 1.54) is 12.8 Å². The Kier molecular flexibility index (Phi) is 2.90. The van der Waals surface area contributed by atoms with Crippen molar-refractivity contribution in [2.75, 3.05) is 7.05 Å². The van der Waals surface area contributed by atoms with Gasteiger partial charge in [-0.2, -0.15) is 0 Å². The van der Waals surface area contributed by atoms with Gasteiger partial charge in [-0.3, -0.25) is 0 Å². The van der Waals surface area contributed by atoms with Crippen LogP contribution in [0.5, 0.6) is 0 Å². The van der Waals surface area contributed by atoms with Gasteiger partial charge < -0.3 is 14.7 Å². The van der Waals surface area contributed by atoms with Crippen molar-refractivity contribution in [1.29, 1.82) is 0 Å². The Morgan fingerprint density at radius 3 is 3.00 bits per heavy atom. The SMILES string of the molecule is Cc1cc(CN(C)C(=S)NC2CC2)no1. The Labute approximate surface area is 94.6 Å². The zero-order chi connectivity index (χ0) is 10.8. The van der Waals surface area contributed by atoms with Crippen LogP contribution in [0.1, 0.15) is 24.3 Å². The van der Waals surface area contributed by atoms with Crippen LogP contribution in [0.25, 0.3) is 0 Å². The lowest BCUT2D eigenvalue weighted by atomic mass is 10.3. The Balaban J connectivity index is 1.84. The van der Waals surface area contributed by atoms with Crippen molar-refractivity contribution in [2.24, 2.45) is 0 Å². The number of aryl methyl sites for hydroxylation is 1. The maximum atomic E-state index is 5.26. The third-order valence-corrected chi connectivity index (χ3v) is 2.76. The number of thiocarbonyl (C=S) groups is 1. The Morgan fingerprint density at radius 2 is 2.47 bits per heavy atom. The first-order valence-electron chi connectivity index (χ1n) is 5.09. The summed E-state index contributed by atoms with van der Waals surface area (Å²) < 4.78 is 5.00. The lowest BCUT2D eigenvalue weighted by molar-refractivity contribution is 0.377. The minimum absolute atomic E-state index is 0.596. The normalized spacial score (nSPS) is 15.1. The monoisotopic (exact) mass is 225 g/mol. The van der Waals surface area contributed by atoms with Crippen LogP contribution >= 0.6 is 12.2 Å². The summed E-state index contributed by atoms with van der Waals surface area (Å²) in [5, 5.41) is 8.00. The van der Waals surface area contributed by atoms with Gasteiger partial charge in [-0.05, 0) is 32.0 Å². The zero-order valence-electron chi connectivity index (χ0n) is 8.99. The van der Waals surface area contributed by atoms with Crippen LogP contribution in [-0.2, 0) is 6.54 Å². The first-order chi connectivity index (χ1) is 7.15. The number of nitrogens with zero attached hydrogens (tertiary/aromatic N) is 2. The molecule has 0 aliphatic heterocycles. The molecule has 82 valence electrons. The molecule has 0 radical (unpaired) electrons. The number of rotatable bonds is 3. The average molecular weight is 225 g/mol. The zero-order valence-corrected chi connectivity index (χ0v) is 9.80. The van der Waals surface area contributed by atoms with Crippen LogP contribution in [0.3, 0.4) is 0 Å². The highest BCUT2D eigenvalue weighted by Gasteiger charge is 2.23. The second-order valence-electron chi connectivity index (χ2n) is 4.01. The molecule has 1 saturated carbocycles. The van der Waals surface area contributed by atoms with Crippen LogP contribution in [0, 0.1) is 6.92 Å². The van der Waals surface area contributed by atoms with E-state index in [4.69, 9.17) is 16.7 Å². The molecular formula is C10H15N3OS. The van der Waals surface area contributed by atoms with Crippen LogP contribution < -0.4 is 5.32 Å². The van der Waals surface area contributed by atoms with E-state index < -0.39 is 0 Å². The molecule has 0 amide bonds. The maximum Gasteiger partial charge on any atom is 0.169 e. The molecule has 1 aliphatic carbocycles. The van der Waals surface area contributed by atoms with Crippen molar-refractivity contribution >= 4 is 17.3 Å². The van der Waals surface area contributed by atoms with Crippen molar-refractivity contribution in [3.05, 3.63) is 17.5 Å². The number of aromatic nitrogens is 1. The van der Waals surface area contributed by atoms with Crippen molar-refractivity contribution in [3.63, 3.8) is 0 Å². The van der Waals surface area contributed by atoms with E-state index in [-0.39, 0.29) is 0 Å². The van der Waals surface area contributed by atoms with E-state index >= 15 is 0 Å². The van der Waals surface area contributed by atoms with E-state index in [1.807, 2.05) is 24.9 Å². The van der Waals surface area contributed by atoms with Gasteiger partial charge in [0.2, 0.25) is 0 Å². The third-order valence-electron chi connectivity index (χ3n) is 2.33. The molecule has 5 heteroatoms. The van der Waals surface area contributed by atoms with Crippen LogP contribution in [0.2, 0.25) is 0 Å². The fraction of sp³-hybridized carbons (Fsp3) is 0.600. The molecular weight excluding hydrogens is 210 g/mol. The van der Waals surface area contributed by atoms with Crippen molar-refractivity contribution < 1.29 is 4.52 Å². The smallest absolute Gasteiger partial charge is 0.169 e. The molecule has 0 spiro atoms. The summed E-state index contributed by atoms with van der Waals surface area (Å²) in [7, 11) is 1.96. The van der Waals surface area contributed by atoms with Gasteiger partial charge in [0.1, 0.15) is 11.5 Å². The molecule has 1 fully saturated rings. The molecule has 0 aromatic carbocycles. The van der Waals surface area contributed by atoms with Gasteiger partial charge in [-0.1, -0.05) is 5.16 Å². The first-order valence-corrected chi connectivity index (χ1v) is 5.50. The number of hydrogen-bond donors (Lipinski definition) is 1. The topological polar surface area (TPSA) is 41.3 Å². The second-order valence-corrected chi connectivity index (χ2v) is 4.40. The lowest BCUT2D eigenvalue weighted by Crippen LogP contribution is -2.37. The van der Waals surface area contributed by atoms with Crippen molar-refractivity contribution in [3.8, 4) is 0 Å². The predicted octanol–water partition coefficient (Wildman–Crippen LogP) is 1.45. The number of nitrogens with one attached hydrogen (secondary N) is 1. The third kappa shape index (κ3) is 2.92. The molecule has 1 heterocycles. The molecule has 15 heavy (non-hydrogen) atoms. The largest absolute Gasteiger partial charge is 0.361 e. The van der Waals surface area contributed by atoms with E-state index in [9.17, 15) is 0 Å². The van der Waals surface area contributed by atoms with Gasteiger partial charge in [0, 0.05) is 19.2 Å². The van der Waals surface area contributed by atoms with Gasteiger partial charge in [0.15, 0.2) is 5.11 Å². The molecule has 1 aromatic heterocycles. The predicted molar refractivity (Wildman–Crippen MR) is 61.5 cm³/mol. The fourth-order valence-corrected chi connectivity index (χ4v) is 1.55. The van der Waals surface area contributed by atoms with E-state index in [0.29, 0.717) is 12.6 Å². The minimum Gasteiger partial charge on any atom is -0.361 e. The van der Waals surface area contributed by atoms with Gasteiger partial charge in [-0.25, -0.2) is 0 Å². The van der Waals surface area contributed by atoms with Gasteiger partial charge in [0.05, 0.1) is 6.54 Å². The standard InChI is InChI=1S/C10H15N3OS/c1-7-5-9(12-14-7)6-13(2)10(15)11-8-3-4-8/h5,8H,3-4,6H2,1-2H3,(H,11,15). The van der Waals surface area contributed by atoms with Gasteiger partial charge in [-0.15, -0.1) is 0 Å². The Morgan fingerprint density at radius 1 is 1.73 bits per heavy atom. The summed E-state index contributed by atoms with van der Waals surface area (Å²) >= 11 is 5.26. The summed E-state index contributed by atoms with van der Waals surface area (Å²) in [6.45, 7) is 2.58. The first kappa shape index (κ1) is 10.4. The number of hydrogen-bond acceptors (Lipinski definition) is 3. The molecule has 1 aliphatic rings. The van der Waals surface area contributed by atoms with Gasteiger partial charge in [0.25, 0.3) is 0 Å². The summed E-state index contributed by atoms with van der Waals surface area (Å²) in [6, 6.07) is 2.52. The average Bonchev–Trinajstić information content (AvgIpc) is 2.90. The molecule has 1 N–H and O–H groups in total. The van der Waals surface area contributed by atoms with Crippen LogP contribution in [-0.4, -0.2) is 28.3 Å².